The Labute approximate surface area is 114 Å². The molecule has 0 amide bonds. The molecule has 3 aromatic rings. The number of hydrogen-bond donors (Lipinski definition) is 0. The van der Waals surface area contributed by atoms with Crippen LogP contribution in [0.1, 0.15) is 26.3 Å². The highest BCUT2D eigenvalue weighted by molar-refractivity contribution is 6.07. The monoisotopic (exact) mass is 252 g/mol. The third kappa shape index (κ3) is 2.12. The number of aromatic nitrogens is 2. The predicted octanol–water partition coefficient (Wildman–Crippen LogP) is 4.32. The van der Waals surface area contributed by atoms with Crippen LogP contribution in [0.25, 0.3) is 21.8 Å². The van der Waals surface area contributed by atoms with Gasteiger partial charge in [-0.1, -0.05) is 32.9 Å². The van der Waals surface area contributed by atoms with Gasteiger partial charge in [0.15, 0.2) is 0 Å². The van der Waals surface area contributed by atoms with Crippen molar-refractivity contribution in [2.45, 2.75) is 27.2 Å². The maximum atomic E-state index is 4.24. The number of hydrogen-bond acceptors (Lipinski definition) is 1. The van der Waals surface area contributed by atoms with E-state index in [1.165, 1.54) is 27.4 Å². The molecular formula is C17H20N2. The fraction of sp³-hybridized carbons (Fsp3) is 0.353. The highest BCUT2D eigenvalue weighted by Crippen LogP contribution is 2.29. The standard InChI is InChI=1S/C17H20N2/c1-17(2,3)10-12-5-6-13-14-11-18-8-7-15(14)19(4)16(13)9-12/h5-9,11H,10H2,1-4H3. The molecule has 2 nitrogen and oxygen atoms in total. The first kappa shape index (κ1) is 12.2. The number of pyridine rings is 1. The Morgan fingerprint density at radius 2 is 1.84 bits per heavy atom. The Hall–Kier alpha value is -1.83. The van der Waals surface area contributed by atoms with Crippen LogP contribution in [0, 0.1) is 5.41 Å². The van der Waals surface area contributed by atoms with Gasteiger partial charge in [0.1, 0.15) is 0 Å². The lowest BCUT2D eigenvalue weighted by Gasteiger charge is -2.18. The first-order chi connectivity index (χ1) is 8.96. The summed E-state index contributed by atoms with van der Waals surface area (Å²) in [6, 6.07) is 8.89. The van der Waals surface area contributed by atoms with Gasteiger partial charge in [-0.25, -0.2) is 0 Å². The summed E-state index contributed by atoms with van der Waals surface area (Å²) in [7, 11) is 2.13. The van der Waals surface area contributed by atoms with E-state index < -0.39 is 0 Å². The highest BCUT2D eigenvalue weighted by Gasteiger charge is 2.13. The van der Waals surface area contributed by atoms with Crippen molar-refractivity contribution in [3.63, 3.8) is 0 Å². The van der Waals surface area contributed by atoms with E-state index in [2.05, 4.69) is 61.6 Å². The van der Waals surface area contributed by atoms with Gasteiger partial charge < -0.3 is 4.57 Å². The van der Waals surface area contributed by atoms with Crippen LogP contribution in [0.5, 0.6) is 0 Å². The Bertz CT molecular complexity index is 745. The van der Waals surface area contributed by atoms with Gasteiger partial charge in [0.25, 0.3) is 0 Å². The van der Waals surface area contributed by atoms with Crippen molar-refractivity contribution < 1.29 is 0 Å². The predicted molar refractivity (Wildman–Crippen MR) is 81.4 cm³/mol. The van der Waals surface area contributed by atoms with Crippen molar-refractivity contribution in [3.05, 3.63) is 42.2 Å². The SMILES string of the molecule is Cn1c2ccncc2c2ccc(CC(C)(C)C)cc21. The summed E-state index contributed by atoms with van der Waals surface area (Å²) in [6.07, 6.45) is 4.92. The topological polar surface area (TPSA) is 17.8 Å². The number of rotatable bonds is 1. The molecule has 0 spiro atoms. The van der Waals surface area contributed by atoms with Gasteiger partial charge in [0.05, 0.1) is 5.52 Å². The van der Waals surface area contributed by atoms with Crippen LogP contribution in [-0.4, -0.2) is 9.55 Å². The maximum Gasteiger partial charge on any atom is 0.0519 e. The normalized spacial score (nSPS) is 12.4. The summed E-state index contributed by atoms with van der Waals surface area (Å²) in [5.41, 5.74) is 4.27. The lowest BCUT2D eigenvalue weighted by molar-refractivity contribution is 0.411. The Morgan fingerprint density at radius 1 is 1.05 bits per heavy atom. The largest absolute Gasteiger partial charge is 0.344 e. The first-order valence-electron chi connectivity index (χ1n) is 6.77. The maximum absolute atomic E-state index is 4.24. The zero-order valence-corrected chi connectivity index (χ0v) is 12.1. The number of aryl methyl sites for hydroxylation is 1. The van der Waals surface area contributed by atoms with Gasteiger partial charge >= 0.3 is 0 Å². The summed E-state index contributed by atoms with van der Waals surface area (Å²) in [4.78, 5) is 4.24. The molecule has 0 unspecified atom stereocenters. The molecule has 2 heteroatoms. The third-order valence-electron chi connectivity index (χ3n) is 3.61. The van der Waals surface area contributed by atoms with Crippen LogP contribution < -0.4 is 0 Å². The van der Waals surface area contributed by atoms with Crippen LogP contribution >= 0.6 is 0 Å². The molecule has 0 N–H and O–H groups in total. The minimum absolute atomic E-state index is 0.319. The Kier molecular flexibility index (Phi) is 2.63. The molecule has 0 saturated carbocycles. The lowest BCUT2D eigenvalue weighted by atomic mass is 9.88. The molecule has 19 heavy (non-hydrogen) atoms. The van der Waals surface area contributed by atoms with E-state index in [-0.39, 0.29) is 0 Å². The zero-order chi connectivity index (χ0) is 13.6. The minimum Gasteiger partial charge on any atom is -0.344 e. The van der Waals surface area contributed by atoms with Crippen molar-refractivity contribution in [3.8, 4) is 0 Å². The van der Waals surface area contributed by atoms with Gasteiger partial charge in [-0.15, -0.1) is 0 Å². The minimum atomic E-state index is 0.319. The number of benzene rings is 1. The molecule has 0 aliphatic carbocycles. The van der Waals surface area contributed by atoms with Gasteiger partial charge in [0.2, 0.25) is 0 Å². The van der Waals surface area contributed by atoms with Gasteiger partial charge in [-0.3, -0.25) is 4.98 Å². The van der Waals surface area contributed by atoms with Crippen LogP contribution in [-0.2, 0) is 13.5 Å². The molecule has 1 aromatic carbocycles. The van der Waals surface area contributed by atoms with Gasteiger partial charge in [-0.2, -0.15) is 0 Å². The smallest absolute Gasteiger partial charge is 0.0519 e. The van der Waals surface area contributed by atoms with Crippen molar-refractivity contribution >= 4 is 21.8 Å². The molecule has 2 heterocycles. The molecule has 0 saturated heterocycles. The lowest BCUT2D eigenvalue weighted by Crippen LogP contribution is -2.09. The molecule has 0 aliphatic rings. The summed E-state index contributed by atoms with van der Waals surface area (Å²) >= 11 is 0. The van der Waals surface area contributed by atoms with E-state index in [0.29, 0.717) is 5.41 Å². The quantitative estimate of drug-likeness (QED) is 0.631. The first-order valence-corrected chi connectivity index (χ1v) is 6.77. The second kappa shape index (κ2) is 4.09. The molecule has 98 valence electrons. The fourth-order valence-electron chi connectivity index (χ4n) is 2.82. The fourth-order valence-corrected chi connectivity index (χ4v) is 2.82. The average molecular weight is 252 g/mol. The second-order valence-electron chi connectivity index (χ2n) is 6.54. The van der Waals surface area contributed by atoms with Crippen molar-refractivity contribution in [1.29, 1.82) is 0 Å². The molecule has 0 fully saturated rings. The van der Waals surface area contributed by atoms with Crippen LogP contribution in [0.3, 0.4) is 0 Å². The summed E-state index contributed by atoms with van der Waals surface area (Å²) in [6.45, 7) is 6.84. The number of fused-ring (bicyclic) bond motifs is 3. The van der Waals surface area contributed by atoms with E-state index in [1.807, 2.05) is 12.4 Å². The van der Waals surface area contributed by atoms with E-state index in [1.54, 1.807) is 0 Å². The molecule has 0 bridgehead atoms. The molecule has 0 atom stereocenters. The van der Waals surface area contributed by atoms with E-state index in [4.69, 9.17) is 0 Å². The Balaban J connectivity index is 2.23. The summed E-state index contributed by atoms with van der Waals surface area (Å²) < 4.78 is 2.26. The highest BCUT2D eigenvalue weighted by atomic mass is 14.9. The van der Waals surface area contributed by atoms with E-state index >= 15 is 0 Å². The average Bonchev–Trinajstić information content (AvgIpc) is 2.62. The Morgan fingerprint density at radius 3 is 2.58 bits per heavy atom. The van der Waals surface area contributed by atoms with E-state index in [0.717, 1.165) is 6.42 Å². The van der Waals surface area contributed by atoms with Crippen molar-refractivity contribution in [1.82, 2.24) is 9.55 Å². The van der Waals surface area contributed by atoms with Crippen molar-refractivity contribution in [2.24, 2.45) is 12.5 Å². The molecule has 0 radical (unpaired) electrons. The molecule has 0 aliphatic heterocycles. The van der Waals surface area contributed by atoms with Gasteiger partial charge in [0, 0.05) is 35.7 Å². The van der Waals surface area contributed by atoms with Crippen LogP contribution in [0.2, 0.25) is 0 Å². The van der Waals surface area contributed by atoms with E-state index in [9.17, 15) is 0 Å². The number of nitrogens with zero attached hydrogens (tertiary/aromatic N) is 2. The van der Waals surface area contributed by atoms with Crippen LogP contribution in [0.15, 0.2) is 36.7 Å². The van der Waals surface area contributed by atoms with Crippen LogP contribution in [0.4, 0.5) is 0 Å². The molecule has 3 rings (SSSR count). The van der Waals surface area contributed by atoms with Crippen molar-refractivity contribution in [2.75, 3.05) is 0 Å². The second-order valence-corrected chi connectivity index (χ2v) is 6.54. The molecule has 2 aromatic heterocycles. The summed E-state index contributed by atoms with van der Waals surface area (Å²) in [5.74, 6) is 0. The molecular weight excluding hydrogens is 232 g/mol. The van der Waals surface area contributed by atoms with Gasteiger partial charge in [-0.05, 0) is 29.5 Å². The summed E-state index contributed by atoms with van der Waals surface area (Å²) in [5, 5.41) is 2.53. The third-order valence-corrected chi connectivity index (χ3v) is 3.61. The zero-order valence-electron chi connectivity index (χ0n) is 12.1.